The first kappa shape index (κ1) is 20.1. The van der Waals surface area contributed by atoms with E-state index in [4.69, 9.17) is 9.47 Å². The van der Waals surface area contributed by atoms with Crippen molar-refractivity contribution in [2.24, 2.45) is 0 Å². The molecule has 4 rings (SSSR count). The van der Waals surface area contributed by atoms with Crippen LogP contribution in [0.25, 0.3) is 0 Å². The molecule has 1 amide bonds. The van der Waals surface area contributed by atoms with Crippen LogP contribution in [0, 0.1) is 5.82 Å². The number of carbonyl (C=O) groups excluding carboxylic acids is 2. The first-order valence-electron chi connectivity index (χ1n) is 9.52. The van der Waals surface area contributed by atoms with Crippen LogP contribution in [0.3, 0.4) is 0 Å². The van der Waals surface area contributed by atoms with E-state index in [0.29, 0.717) is 10.6 Å². The molecule has 0 radical (unpaired) electrons. The third-order valence-corrected chi connectivity index (χ3v) is 6.06. The van der Waals surface area contributed by atoms with Gasteiger partial charge >= 0.3 is 5.97 Å². The molecule has 30 heavy (non-hydrogen) atoms. The van der Waals surface area contributed by atoms with Crippen LogP contribution in [-0.4, -0.2) is 28.8 Å². The molecule has 0 fully saturated rings. The van der Waals surface area contributed by atoms with Gasteiger partial charge in [-0.1, -0.05) is 12.1 Å². The monoisotopic (exact) mass is 429 g/mol. The number of hydrogen-bond acceptors (Lipinski definition) is 6. The molecule has 0 spiro atoms. The number of anilines is 1. The van der Waals surface area contributed by atoms with Crippen LogP contribution in [0.4, 0.5) is 9.39 Å². The molecule has 156 valence electrons. The Kier molecular flexibility index (Phi) is 5.80. The Morgan fingerprint density at radius 2 is 2.03 bits per heavy atom. The number of esters is 1. The number of methoxy groups -OCH3 is 1. The van der Waals surface area contributed by atoms with Gasteiger partial charge in [0.15, 0.2) is 24.0 Å². The Morgan fingerprint density at radius 3 is 2.83 bits per heavy atom. The number of amides is 1. The topological polar surface area (TPSA) is 82.5 Å². The fraction of sp³-hybridized carbons (Fsp3) is 0.286. The van der Waals surface area contributed by atoms with Crippen LogP contribution >= 0.6 is 11.3 Å². The smallest absolute Gasteiger partial charge is 0.341 e. The largest absolute Gasteiger partial charge is 0.468 e. The molecule has 7 nitrogen and oxygen atoms in total. The summed E-state index contributed by atoms with van der Waals surface area (Å²) in [5, 5.41) is 7.45. The lowest BCUT2D eigenvalue weighted by atomic mass is 9.95. The highest BCUT2D eigenvalue weighted by Gasteiger charge is 2.27. The van der Waals surface area contributed by atoms with E-state index < -0.39 is 17.7 Å². The number of nitrogens with one attached hydrogen (secondary N) is 1. The molecule has 2 aromatic heterocycles. The van der Waals surface area contributed by atoms with Crippen molar-refractivity contribution in [1.29, 1.82) is 0 Å². The predicted octanol–water partition coefficient (Wildman–Crippen LogP) is 4.04. The zero-order chi connectivity index (χ0) is 21.1. The van der Waals surface area contributed by atoms with E-state index in [0.717, 1.165) is 36.1 Å². The molecule has 1 N–H and O–H groups in total. The number of aryl methyl sites for hydroxylation is 1. The van der Waals surface area contributed by atoms with Gasteiger partial charge in [-0.05, 0) is 49.4 Å². The Bertz CT molecular complexity index is 1090. The summed E-state index contributed by atoms with van der Waals surface area (Å²) in [7, 11) is 1.33. The molecular formula is C21H20FN3O4S. The summed E-state index contributed by atoms with van der Waals surface area (Å²) in [6.07, 6.45) is 5.33. The third kappa shape index (κ3) is 4.06. The van der Waals surface area contributed by atoms with E-state index in [1.807, 2.05) is 0 Å². The highest BCUT2D eigenvalue weighted by Crippen LogP contribution is 2.38. The van der Waals surface area contributed by atoms with Gasteiger partial charge in [-0.3, -0.25) is 4.79 Å². The van der Waals surface area contributed by atoms with Crippen LogP contribution in [0.1, 0.15) is 44.1 Å². The maximum atomic E-state index is 13.6. The van der Waals surface area contributed by atoms with Crippen molar-refractivity contribution in [3.8, 4) is 5.75 Å². The minimum Gasteiger partial charge on any atom is -0.468 e. The Hall–Kier alpha value is -3.20. The molecule has 1 aliphatic carbocycles. The molecule has 1 aliphatic rings. The van der Waals surface area contributed by atoms with Gasteiger partial charge in [-0.2, -0.15) is 5.10 Å². The normalized spacial score (nSPS) is 12.9. The molecule has 0 saturated heterocycles. The van der Waals surface area contributed by atoms with Crippen LogP contribution in [0.15, 0.2) is 36.5 Å². The molecule has 2 heterocycles. The predicted molar refractivity (Wildman–Crippen MR) is 110 cm³/mol. The molecular weight excluding hydrogens is 409 g/mol. The standard InChI is InChI=1S/C21H20FN3O4S/c1-28-21(27)18-13-6-2-5-9-17(13)30-20(18)23-19(26)15-10-11-25(24-15)12-29-16-8-4-3-7-14(16)22/h3-4,7-8,10-11H,2,5-6,9,12H2,1H3,(H,23,26). The molecule has 0 atom stereocenters. The van der Waals surface area contributed by atoms with Crippen LogP contribution < -0.4 is 10.1 Å². The number of thiophene rings is 1. The first-order chi connectivity index (χ1) is 14.6. The fourth-order valence-electron chi connectivity index (χ4n) is 3.39. The minimum absolute atomic E-state index is 0.0467. The number of carbonyl (C=O) groups is 2. The van der Waals surface area contributed by atoms with E-state index >= 15 is 0 Å². The van der Waals surface area contributed by atoms with E-state index in [1.165, 1.54) is 41.3 Å². The SMILES string of the molecule is COC(=O)c1c(NC(=O)c2ccn(COc3ccccc3F)n2)sc2c1CCCC2. The van der Waals surface area contributed by atoms with E-state index in [1.54, 1.807) is 18.3 Å². The van der Waals surface area contributed by atoms with Crippen molar-refractivity contribution < 1.29 is 23.5 Å². The van der Waals surface area contributed by atoms with E-state index in [2.05, 4.69) is 10.4 Å². The Morgan fingerprint density at radius 1 is 1.23 bits per heavy atom. The number of halogens is 1. The minimum atomic E-state index is -0.473. The molecule has 1 aromatic carbocycles. The van der Waals surface area contributed by atoms with Crippen LogP contribution in [-0.2, 0) is 24.3 Å². The van der Waals surface area contributed by atoms with Crippen molar-refractivity contribution >= 4 is 28.2 Å². The molecule has 3 aromatic rings. The van der Waals surface area contributed by atoms with Crippen molar-refractivity contribution in [1.82, 2.24) is 9.78 Å². The zero-order valence-electron chi connectivity index (χ0n) is 16.3. The van der Waals surface area contributed by atoms with Gasteiger partial charge in [-0.25, -0.2) is 13.9 Å². The van der Waals surface area contributed by atoms with Crippen LogP contribution in [0.2, 0.25) is 0 Å². The van der Waals surface area contributed by atoms with E-state index in [-0.39, 0.29) is 18.2 Å². The number of hydrogen-bond donors (Lipinski definition) is 1. The number of para-hydroxylation sites is 1. The van der Waals surface area contributed by atoms with Gasteiger partial charge < -0.3 is 14.8 Å². The highest BCUT2D eigenvalue weighted by atomic mass is 32.1. The quantitative estimate of drug-likeness (QED) is 0.598. The molecule has 9 heteroatoms. The van der Waals surface area contributed by atoms with Gasteiger partial charge in [-0.15, -0.1) is 11.3 Å². The van der Waals surface area contributed by atoms with Gasteiger partial charge in [0.05, 0.1) is 12.7 Å². The summed E-state index contributed by atoms with van der Waals surface area (Å²) in [5.74, 6) is -1.26. The van der Waals surface area contributed by atoms with Crippen molar-refractivity contribution in [3.63, 3.8) is 0 Å². The second-order valence-corrected chi connectivity index (χ2v) is 7.91. The summed E-state index contributed by atoms with van der Waals surface area (Å²) in [6.45, 7) is -0.0467. The molecule has 0 bridgehead atoms. The van der Waals surface area contributed by atoms with Crippen LogP contribution in [0.5, 0.6) is 5.75 Å². The van der Waals surface area contributed by atoms with Gasteiger partial charge in [0.2, 0.25) is 0 Å². The summed E-state index contributed by atoms with van der Waals surface area (Å²) < 4.78 is 25.3. The fourth-order valence-corrected chi connectivity index (χ4v) is 4.66. The number of benzene rings is 1. The maximum Gasteiger partial charge on any atom is 0.341 e. The number of rotatable bonds is 6. The lowest BCUT2D eigenvalue weighted by Crippen LogP contribution is -2.16. The second-order valence-electron chi connectivity index (χ2n) is 6.81. The van der Waals surface area contributed by atoms with E-state index in [9.17, 15) is 14.0 Å². The summed E-state index contributed by atoms with van der Waals surface area (Å²) >= 11 is 1.41. The van der Waals surface area contributed by atoms with Gasteiger partial charge in [0.25, 0.3) is 5.91 Å². The summed E-state index contributed by atoms with van der Waals surface area (Å²) in [6, 6.07) is 7.59. The maximum absolute atomic E-state index is 13.6. The highest BCUT2D eigenvalue weighted by molar-refractivity contribution is 7.17. The number of ether oxygens (including phenoxy) is 2. The lowest BCUT2D eigenvalue weighted by Gasteiger charge is -2.11. The van der Waals surface area contributed by atoms with Crippen molar-refractivity contribution in [3.05, 3.63) is 64.0 Å². The zero-order valence-corrected chi connectivity index (χ0v) is 17.1. The van der Waals surface area contributed by atoms with Crippen molar-refractivity contribution in [2.75, 3.05) is 12.4 Å². The second kappa shape index (κ2) is 8.66. The Balaban J connectivity index is 1.48. The van der Waals surface area contributed by atoms with Crippen molar-refractivity contribution in [2.45, 2.75) is 32.4 Å². The van der Waals surface area contributed by atoms with Gasteiger partial charge in [0, 0.05) is 11.1 Å². The average molecular weight is 429 g/mol. The summed E-state index contributed by atoms with van der Waals surface area (Å²) in [5.41, 5.74) is 1.57. The number of fused-ring (bicyclic) bond motifs is 1. The first-order valence-corrected chi connectivity index (χ1v) is 10.3. The Labute approximate surface area is 176 Å². The number of aromatic nitrogens is 2. The summed E-state index contributed by atoms with van der Waals surface area (Å²) in [4.78, 5) is 26.1. The molecule has 0 saturated carbocycles. The number of nitrogens with zero attached hydrogens (tertiary/aromatic N) is 2. The third-order valence-electron chi connectivity index (χ3n) is 4.85. The average Bonchev–Trinajstić information content (AvgIpc) is 3.37. The lowest BCUT2D eigenvalue weighted by molar-refractivity contribution is 0.0601. The molecule has 0 unspecified atom stereocenters. The van der Waals surface area contributed by atoms with Gasteiger partial charge in [0.1, 0.15) is 5.00 Å². The molecule has 0 aliphatic heterocycles.